The highest BCUT2D eigenvalue weighted by atomic mass is 31.2. The third kappa shape index (κ3) is 7.76. The van der Waals surface area contributed by atoms with E-state index in [1.165, 1.54) is 10.6 Å². The molecular weight excluding hydrogens is 900 g/mol. The summed E-state index contributed by atoms with van der Waals surface area (Å²) in [6.45, 7) is 0. The third-order valence-corrected chi connectivity index (χ3v) is 14.7. The number of benzene rings is 4. The lowest BCUT2D eigenvalue weighted by molar-refractivity contribution is 0.385. The summed E-state index contributed by atoms with van der Waals surface area (Å²) in [5.74, 6) is 0. The smallest absolute Gasteiger partial charge is 0.354 e. The van der Waals surface area contributed by atoms with Crippen LogP contribution in [0.3, 0.4) is 0 Å². The largest absolute Gasteiger partial charge is 0.360 e. The molecule has 2 aliphatic rings. The van der Waals surface area contributed by atoms with Crippen molar-refractivity contribution in [2.45, 2.75) is 0 Å². The molecule has 20 heteroatoms. The molecule has 0 amide bonds. The number of aromatic nitrogens is 4. The molecule has 9 rings (SSSR count). The molecule has 64 heavy (non-hydrogen) atoms. The molecule has 0 atom stereocenters. The van der Waals surface area contributed by atoms with Crippen LogP contribution in [0.1, 0.15) is 28.3 Å². The Morgan fingerprint density at radius 2 is 0.812 bits per heavy atom. The standard InChI is InChI=1S/C44H34N4O12P4/c49-61(50,51)41-31-21-22-33(45-31)42(62(52,53)54)35-25-30(26-13-5-1-6-14-26)38(47-35)44(64(58,59)60)40-37(28-17-9-3-10-18-28)36(27-15-7-2-8-16-27)39(48(40)29-19-11-4-12-20-29)43(63(55,56)57)34-24-23-32(41)46-34/h1-25,45H,(H2,49,50,51)(H2,52,53,54)(H2,55,56,57)(H2,58,59,60). The molecule has 322 valence electrons. The first-order valence-corrected chi connectivity index (χ1v) is 25.5. The molecule has 0 saturated heterocycles. The highest BCUT2D eigenvalue weighted by Gasteiger charge is 2.39. The van der Waals surface area contributed by atoms with E-state index in [0.717, 1.165) is 24.3 Å². The van der Waals surface area contributed by atoms with E-state index in [-0.39, 0.29) is 44.5 Å². The first-order valence-electron chi connectivity index (χ1n) is 19.1. The molecule has 4 aromatic carbocycles. The van der Waals surface area contributed by atoms with Gasteiger partial charge in [-0.1, -0.05) is 109 Å². The van der Waals surface area contributed by atoms with Crippen LogP contribution in [0.5, 0.6) is 0 Å². The summed E-state index contributed by atoms with van der Waals surface area (Å²) in [6, 6.07) is 35.1. The molecule has 9 N–H and O–H groups in total. The van der Waals surface area contributed by atoms with Gasteiger partial charge in [0.25, 0.3) is 0 Å². The van der Waals surface area contributed by atoms with E-state index in [4.69, 9.17) is 0 Å². The Hall–Kier alpha value is -5.92. The Kier molecular flexibility index (Phi) is 10.8. The van der Waals surface area contributed by atoms with Crippen LogP contribution in [0.25, 0.3) is 73.8 Å². The van der Waals surface area contributed by atoms with Crippen molar-refractivity contribution in [1.82, 2.24) is 19.5 Å². The van der Waals surface area contributed by atoms with Crippen LogP contribution in [-0.4, -0.2) is 58.7 Å². The summed E-state index contributed by atoms with van der Waals surface area (Å²) in [6.07, 6.45) is 3.53. The fraction of sp³-hybridized carbons (Fsp3) is 0. The highest BCUT2D eigenvalue weighted by Crippen LogP contribution is 2.51. The summed E-state index contributed by atoms with van der Waals surface area (Å²) in [7, 11) is -22.2. The first-order chi connectivity index (χ1) is 30.3. The number of aromatic amines is 1. The van der Waals surface area contributed by atoms with Crippen molar-refractivity contribution >= 4 is 97.5 Å². The minimum Gasteiger partial charge on any atom is -0.354 e. The third-order valence-electron chi connectivity index (χ3n) is 10.6. The zero-order valence-corrected chi connectivity index (χ0v) is 36.4. The Labute approximate surface area is 362 Å². The van der Waals surface area contributed by atoms with Gasteiger partial charge in [0, 0.05) is 22.4 Å². The van der Waals surface area contributed by atoms with Gasteiger partial charge in [0.05, 0.1) is 44.8 Å². The Bertz CT molecular complexity index is 3480. The van der Waals surface area contributed by atoms with Gasteiger partial charge in [-0.25, -0.2) is 9.97 Å². The fourth-order valence-electron chi connectivity index (χ4n) is 8.17. The van der Waals surface area contributed by atoms with Crippen molar-refractivity contribution in [2.75, 3.05) is 0 Å². The number of nitrogens with one attached hydrogen (secondary N) is 1. The predicted molar refractivity (Wildman–Crippen MR) is 246 cm³/mol. The van der Waals surface area contributed by atoms with E-state index in [1.54, 1.807) is 121 Å². The molecule has 3 aromatic heterocycles. The van der Waals surface area contributed by atoms with Crippen LogP contribution in [-0.2, 0) is 18.3 Å². The molecule has 0 unspecified atom stereocenters. The minimum absolute atomic E-state index is 0.00202. The zero-order valence-electron chi connectivity index (χ0n) is 32.8. The fourth-order valence-corrected chi connectivity index (χ4v) is 11.7. The van der Waals surface area contributed by atoms with E-state index < -0.39 is 74.4 Å². The van der Waals surface area contributed by atoms with Crippen LogP contribution < -0.4 is 21.2 Å². The lowest BCUT2D eigenvalue weighted by Crippen LogP contribution is -2.18. The van der Waals surface area contributed by atoms with Crippen molar-refractivity contribution in [3.63, 3.8) is 0 Å². The van der Waals surface area contributed by atoms with E-state index in [9.17, 15) is 57.4 Å². The zero-order chi connectivity index (χ0) is 45.3. The van der Waals surface area contributed by atoms with Gasteiger partial charge < -0.3 is 48.7 Å². The summed E-state index contributed by atoms with van der Waals surface area (Å²) in [5, 5.41) is -3.08. The monoisotopic (exact) mass is 934 g/mol. The van der Waals surface area contributed by atoms with Crippen molar-refractivity contribution in [2.24, 2.45) is 0 Å². The van der Waals surface area contributed by atoms with Gasteiger partial charge >= 0.3 is 30.4 Å². The van der Waals surface area contributed by atoms with Crippen LogP contribution in [0, 0.1) is 0 Å². The van der Waals surface area contributed by atoms with E-state index in [0.29, 0.717) is 16.7 Å². The second kappa shape index (κ2) is 16.0. The van der Waals surface area contributed by atoms with E-state index >= 15 is 0 Å². The second-order valence-electron chi connectivity index (χ2n) is 14.7. The van der Waals surface area contributed by atoms with Crippen LogP contribution >= 0.6 is 30.4 Å². The number of hydrogen-bond acceptors (Lipinski definition) is 6. The first kappa shape index (κ1) is 43.3. The van der Waals surface area contributed by atoms with Crippen molar-refractivity contribution in [1.29, 1.82) is 0 Å². The van der Waals surface area contributed by atoms with Gasteiger partial charge in [-0.05, 0) is 59.2 Å². The highest BCUT2D eigenvalue weighted by molar-refractivity contribution is 7.62. The summed E-state index contributed by atoms with van der Waals surface area (Å²) in [4.78, 5) is 103. The summed E-state index contributed by atoms with van der Waals surface area (Å²) in [5.41, 5.74) is -1.87. The second-order valence-corrected chi connectivity index (χ2v) is 20.8. The Morgan fingerprint density at radius 1 is 0.422 bits per heavy atom. The van der Waals surface area contributed by atoms with Crippen LogP contribution in [0.2, 0.25) is 0 Å². The molecule has 2 aliphatic heterocycles. The lowest BCUT2D eigenvalue weighted by atomic mass is 9.95. The maximum Gasteiger partial charge on any atom is 0.360 e. The molecule has 0 radical (unpaired) electrons. The molecule has 5 heterocycles. The van der Waals surface area contributed by atoms with Crippen LogP contribution in [0.4, 0.5) is 0 Å². The lowest BCUT2D eigenvalue weighted by Gasteiger charge is -2.16. The molecule has 0 aliphatic carbocycles. The average Bonchev–Trinajstić information content (AvgIpc) is 4.05. The molecule has 16 nitrogen and oxygen atoms in total. The van der Waals surface area contributed by atoms with Crippen molar-refractivity contribution in [3.8, 4) is 27.9 Å². The number of H-pyrrole nitrogens is 1. The normalized spacial score (nSPS) is 13.3. The number of para-hydroxylation sites is 1. The van der Waals surface area contributed by atoms with Crippen LogP contribution in [0.15, 0.2) is 133 Å². The van der Waals surface area contributed by atoms with Gasteiger partial charge in [-0.2, -0.15) is 0 Å². The molecule has 0 fully saturated rings. The van der Waals surface area contributed by atoms with E-state index in [2.05, 4.69) is 15.0 Å². The summed E-state index contributed by atoms with van der Waals surface area (Å²) < 4.78 is 57.4. The SMILES string of the molecule is O=P(O)(O)c1c2nc(c(P(=O)(O)O)c3c(-c4ccccc4)c(-c4ccccc4)c(c(P(=O)(O)O)c4nc(c(P(=O)(O)O)c5ccc1[nH]5)C=C4c1ccccc1)n3-c1ccccc1)C=C2. The molecule has 7 aromatic rings. The number of fused-ring (bicyclic) bond motifs is 8. The Morgan fingerprint density at radius 3 is 1.27 bits per heavy atom. The minimum atomic E-state index is -5.72. The quantitative estimate of drug-likeness (QED) is 0.0782. The molecule has 8 bridgehead atoms. The molecule has 0 saturated carbocycles. The number of nitrogens with zero attached hydrogens (tertiary/aromatic N) is 3. The Balaban J connectivity index is 1.76. The number of rotatable bonds is 8. The van der Waals surface area contributed by atoms with Gasteiger partial charge in [-0.3, -0.25) is 18.3 Å². The van der Waals surface area contributed by atoms with Gasteiger partial charge in [-0.15, -0.1) is 0 Å². The average molecular weight is 935 g/mol. The predicted octanol–water partition coefficient (Wildman–Crippen LogP) is 6.08. The maximum atomic E-state index is 14.7. The molecule has 0 spiro atoms. The maximum absolute atomic E-state index is 14.7. The van der Waals surface area contributed by atoms with E-state index in [1.807, 2.05) is 0 Å². The summed E-state index contributed by atoms with van der Waals surface area (Å²) >= 11 is 0. The van der Waals surface area contributed by atoms with Gasteiger partial charge in [0.2, 0.25) is 0 Å². The number of hydrogen-bond donors (Lipinski definition) is 9. The van der Waals surface area contributed by atoms with Crippen molar-refractivity contribution in [3.05, 3.63) is 162 Å². The topological polar surface area (TPSA) is 277 Å². The van der Waals surface area contributed by atoms with Gasteiger partial charge in [0.15, 0.2) is 0 Å². The van der Waals surface area contributed by atoms with Crippen molar-refractivity contribution < 1.29 is 57.4 Å². The van der Waals surface area contributed by atoms with Gasteiger partial charge in [0.1, 0.15) is 21.2 Å². The molecular formula is C44H34N4O12P4.